The Balaban J connectivity index is 0.00000182. The summed E-state index contributed by atoms with van der Waals surface area (Å²) in [5, 5.41) is 21.6. The number of benzene rings is 2. The van der Waals surface area contributed by atoms with Gasteiger partial charge in [0, 0.05) is 12.5 Å². The summed E-state index contributed by atoms with van der Waals surface area (Å²) >= 11 is 0. The van der Waals surface area contributed by atoms with Crippen LogP contribution in [-0.2, 0) is 13.0 Å². The number of nitrogens with zero attached hydrogens (tertiary/aromatic N) is 1. The van der Waals surface area contributed by atoms with Crippen LogP contribution in [0.2, 0.25) is 0 Å². The van der Waals surface area contributed by atoms with Crippen molar-refractivity contribution in [1.29, 1.82) is 0 Å². The highest BCUT2D eigenvalue weighted by Crippen LogP contribution is 2.39. The lowest BCUT2D eigenvalue weighted by molar-refractivity contribution is -0.686. The molecule has 0 atom stereocenters. The second kappa shape index (κ2) is 6.44. The van der Waals surface area contributed by atoms with Gasteiger partial charge in [-0.3, -0.25) is 0 Å². The van der Waals surface area contributed by atoms with E-state index in [0.717, 1.165) is 40.6 Å². The maximum Gasteiger partial charge on any atom is 0.213 e. The Bertz CT molecular complexity index is 972. The fraction of sp³-hybridized carbons (Fsp3) is 0.211. The molecule has 1 aliphatic rings. The molecule has 0 unspecified atom stereocenters. The zero-order chi connectivity index (χ0) is 16.8. The van der Waals surface area contributed by atoms with E-state index in [1.807, 2.05) is 12.1 Å². The molecule has 2 aromatic carbocycles. The van der Waals surface area contributed by atoms with Crippen LogP contribution in [-0.4, -0.2) is 24.4 Å². The average molecular weight is 404 g/mol. The number of pyridine rings is 1. The molecular weight excluding hydrogens is 386 g/mol. The van der Waals surface area contributed by atoms with Crippen molar-refractivity contribution in [3.8, 4) is 34.3 Å². The molecule has 25 heavy (non-hydrogen) atoms. The van der Waals surface area contributed by atoms with Gasteiger partial charge in [0.15, 0.2) is 35.7 Å². The van der Waals surface area contributed by atoms with Gasteiger partial charge in [-0.1, -0.05) is 0 Å². The Morgan fingerprint density at radius 2 is 1.76 bits per heavy atom. The van der Waals surface area contributed by atoms with Crippen LogP contribution >= 0.6 is 0 Å². The van der Waals surface area contributed by atoms with Crippen LogP contribution in [0.1, 0.15) is 5.56 Å². The van der Waals surface area contributed by atoms with Crippen LogP contribution in [0.15, 0.2) is 36.5 Å². The van der Waals surface area contributed by atoms with Gasteiger partial charge in [-0.25, -0.2) is 0 Å². The Kier molecular flexibility index (Phi) is 4.47. The van der Waals surface area contributed by atoms with Crippen LogP contribution in [0, 0.1) is 0 Å². The first-order chi connectivity index (χ1) is 11.6. The van der Waals surface area contributed by atoms with Crippen LogP contribution in [0.5, 0.6) is 23.0 Å². The zero-order valence-electron chi connectivity index (χ0n) is 13.9. The second-order valence-electron chi connectivity index (χ2n) is 5.90. The molecule has 2 heterocycles. The van der Waals surface area contributed by atoms with Crippen molar-refractivity contribution in [3.63, 3.8) is 0 Å². The summed E-state index contributed by atoms with van der Waals surface area (Å²) in [5.41, 5.74) is 2.98. The number of fused-ring (bicyclic) bond motifs is 4. The molecular formula is C19H18BrNO4. The largest absolute Gasteiger partial charge is 1.00 e. The number of halogens is 1. The van der Waals surface area contributed by atoms with Gasteiger partial charge in [0.2, 0.25) is 5.69 Å². The summed E-state index contributed by atoms with van der Waals surface area (Å²) in [6, 6.07) is 9.23. The number of methoxy groups -OCH3 is 2. The maximum absolute atomic E-state index is 9.87. The molecule has 0 saturated heterocycles. The average Bonchev–Trinajstić information content (AvgIpc) is 2.60. The zero-order valence-corrected chi connectivity index (χ0v) is 15.5. The van der Waals surface area contributed by atoms with Gasteiger partial charge in [0.1, 0.15) is 0 Å². The summed E-state index contributed by atoms with van der Waals surface area (Å²) in [7, 11) is 3.26. The van der Waals surface area contributed by atoms with Gasteiger partial charge in [-0.2, -0.15) is 4.57 Å². The van der Waals surface area contributed by atoms with Gasteiger partial charge < -0.3 is 36.7 Å². The van der Waals surface area contributed by atoms with E-state index in [-0.39, 0.29) is 28.5 Å². The van der Waals surface area contributed by atoms with Gasteiger partial charge in [0.25, 0.3) is 0 Å². The van der Waals surface area contributed by atoms with Crippen molar-refractivity contribution in [2.75, 3.05) is 14.2 Å². The van der Waals surface area contributed by atoms with Gasteiger partial charge in [0.05, 0.1) is 25.2 Å². The highest BCUT2D eigenvalue weighted by atomic mass is 79.9. The fourth-order valence-corrected chi connectivity index (χ4v) is 3.40. The Hall–Kier alpha value is -2.47. The predicted molar refractivity (Wildman–Crippen MR) is 89.7 cm³/mol. The van der Waals surface area contributed by atoms with E-state index in [9.17, 15) is 10.2 Å². The molecule has 0 saturated carbocycles. The molecule has 0 radical (unpaired) electrons. The summed E-state index contributed by atoms with van der Waals surface area (Å²) < 4.78 is 13.1. The molecule has 1 aliphatic heterocycles. The van der Waals surface area contributed by atoms with E-state index in [1.54, 1.807) is 26.4 Å². The third-order valence-electron chi connectivity index (χ3n) is 4.60. The Morgan fingerprint density at radius 1 is 1.00 bits per heavy atom. The highest BCUT2D eigenvalue weighted by Gasteiger charge is 2.26. The molecule has 2 N–H and O–H groups in total. The second-order valence-corrected chi connectivity index (χ2v) is 5.90. The number of phenolic OH excluding ortho intramolecular Hbond substituents is 2. The number of ether oxygens (including phenoxy) is 2. The van der Waals surface area contributed by atoms with Crippen LogP contribution in [0.4, 0.5) is 0 Å². The van der Waals surface area contributed by atoms with E-state index in [2.05, 4.69) is 16.8 Å². The van der Waals surface area contributed by atoms with E-state index in [0.29, 0.717) is 11.5 Å². The third kappa shape index (κ3) is 2.66. The van der Waals surface area contributed by atoms with Crippen molar-refractivity contribution >= 4 is 10.8 Å². The van der Waals surface area contributed by atoms with E-state index in [4.69, 9.17) is 9.47 Å². The number of aromatic nitrogens is 1. The van der Waals surface area contributed by atoms with Crippen LogP contribution in [0.3, 0.4) is 0 Å². The summed E-state index contributed by atoms with van der Waals surface area (Å²) in [5.74, 6) is 1.23. The Labute approximate surface area is 155 Å². The standard InChI is InChI=1S/C19H17NO4.BrH/c1-23-18-4-3-11-7-15-13-9-17(22)16(21)8-12(13)5-6-20(15)10-14(11)19(18)24-2;/h3-4,7-10,22H,5-6H2,1-2H3;1H. The molecule has 1 aromatic heterocycles. The van der Waals surface area contributed by atoms with Crippen LogP contribution < -0.4 is 31.0 Å². The number of hydrogen-bond acceptors (Lipinski definition) is 4. The van der Waals surface area contributed by atoms with Crippen LogP contribution in [0.25, 0.3) is 22.0 Å². The van der Waals surface area contributed by atoms with E-state index in [1.165, 1.54) is 0 Å². The van der Waals surface area contributed by atoms with Crippen molar-refractivity contribution in [1.82, 2.24) is 0 Å². The summed E-state index contributed by atoms with van der Waals surface area (Å²) in [4.78, 5) is 0. The summed E-state index contributed by atoms with van der Waals surface area (Å²) in [6.45, 7) is 0.794. The quantitative estimate of drug-likeness (QED) is 0.458. The van der Waals surface area contributed by atoms with Crippen molar-refractivity contribution in [3.05, 3.63) is 42.1 Å². The predicted octanol–water partition coefficient (Wildman–Crippen LogP) is -0.217. The minimum Gasteiger partial charge on any atom is -1.00 e. The molecule has 0 bridgehead atoms. The molecule has 0 spiro atoms. The smallest absolute Gasteiger partial charge is 0.213 e. The van der Waals surface area contributed by atoms with Gasteiger partial charge in [-0.05, 0) is 35.2 Å². The molecule has 4 rings (SSSR count). The molecule has 5 nitrogen and oxygen atoms in total. The lowest BCUT2D eigenvalue weighted by Gasteiger charge is -2.17. The monoisotopic (exact) mass is 403 g/mol. The fourth-order valence-electron chi connectivity index (χ4n) is 3.40. The van der Waals surface area contributed by atoms with Crippen molar-refractivity contribution in [2.45, 2.75) is 13.0 Å². The van der Waals surface area contributed by atoms with E-state index < -0.39 is 0 Å². The first-order valence-electron chi connectivity index (χ1n) is 7.75. The van der Waals surface area contributed by atoms with Crippen molar-refractivity contribution in [2.24, 2.45) is 0 Å². The van der Waals surface area contributed by atoms with Crippen molar-refractivity contribution < 1.29 is 41.2 Å². The number of phenols is 2. The molecule has 0 amide bonds. The first-order valence-corrected chi connectivity index (χ1v) is 7.75. The summed E-state index contributed by atoms with van der Waals surface area (Å²) in [6.07, 6.45) is 2.84. The van der Waals surface area contributed by atoms with Gasteiger partial charge >= 0.3 is 0 Å². The van der Waals surface area contributed by atoms with Gasteiger partial charge in [-0.15, -0.1) is 0 Å². The highest BCUT2D eigenvalue weighted by molar-refractivity contribution is 5.91. The molecule has 0 aliphatic carbocycles. The molecule has 0 fully saturated rings. The molecule has 3 aromatic rings. The normalized spacial score (nSPS) is 12.1. The number of aryl methyl sites for hydroxylation is 2. The maximum atomic E-state index is 9.87. The molecule has 130 valence electrons. The SMILES string of the molecule is COc1ccc2cc3[n+](cc2c1OC)CCc1cc(O)c(O)cc1-3.[Br-]. The number of aromatic hydroxyl groups is 2. The molecule has 6 heteroatoms. The Morgan fingerprint density at radius 3 is 2.48 bits per heavy atom. The first kappa shape index (κ1) is 17.4. The lowest BCUT2D eigenvalue weighted by Crippen LogP contribution is -3.00. The van der Waals surface area contributed by atoms with E-state index >= 15 is 0 Å². The third-order valence-corrected chi connectivity index (χ3v) is 4.60. The number of hydrogen-bond donors (Lipinski definition) is 2. The minimum atomic E-state index is -0.102. The lowest BCUT2D eigenvalue weighted by atomic mass is 9.95. The topological polar surface area (TPSA) is 62.8 Å². The minimum absolute atomic E-state index is 0. The number of rotatable bonds is 2.